The fraction of sp³-hybridized carbons (Fsp3) is 0.259. The zero-order chi connectivity index (χ0) is 25.4. The minimum Gasteiger partial charge on any atom is -0.373 e. The third-order valence-corrected chi connectivity index (χ3v) is 9.12. The lowest BCUT2D eigenvalue weighted by atomic mass is 10.1. The highest BCUT2D eigenvalue weighted by atomic mass is 32.2. The summed E-state index contributed by atoms with van der Waals surface area (Å²) in [6.45, 7) is 4.56. The van der Waals surface area contributed by atoms with E-state index in [1.165, 1.54) is 39.9 Å². The largest absolute Gasteiger partial charge is 0.373 e. The molecular weight excluding hydrogens is 494 g/mol. The summed E-state index contributed by atoms with van der Waals surface area (Å²) in [5.41, 5.74) is 1.21. The second kappa shape index (κ2) is 9.64. The van der Waals surface area contributed by atoms with Crippen molar-refractivity contribution in [2.24, 2.45) is 4.99 Å². The van der Waals surface area contributed by atoms with Gasteiger partial charge in [-0.05, 0) is 49.6 Å². The van der Waals surface area contributed by atoms with E-state index in [1.54, 1.807) is 0 Å². The van der Waals surface area contributed by atoms with Gasteiger partial charge >= 0.3 is 0 Å². The van der Waals surface area contributed by atoms with Crippen LogP contribution in [0.2, 0.25) is 0 Å². The van der Waals surface area contributed by atoms with E-state index in [4.69, 9.17) is 11.2 Å². The first-order chi connectivity index (χ1) is 17.3. The summed E-state index contributed by atoms with van der Waals surface area (Å²) in [4.78, 5) is 18.1. The van der Waals surface area contributed by atoms with E-state index < -0.39 is 15.9 Å². The number of morpholine rings is 1. The van der Waals surface area contributed by atoms with Gasteiger partial charge in [-0.3, -0.25) is 4.79 Å². The van der Waals surface area contributed by atoms with Gasteiger partial charge in [0.2, 0.25) is 10.0 Å². The number of thiazole rings is 1. The lowest BCUT2D eigenvalue weighted by Gasteiger charge is -2.34. The Bertz CT molecular complexity index is 1670. The molecule has 184 valence electrons. The van der Waals surface area contributed by atoms with Crippen LogP contribution in [0.3, 0.4) is 0 Å². The average molecular weight is 520 g/mol. The van der Waals surface area contributed by atoms with Crippen LogP contribution in [0.25, 0.3) is 21.0 Å². The molecule has 4 aromatic rings. The van der Waals surface area contributed by atoms with Crippen LogP contribution < -0.4 is 4.80 Å². The molecule has 0 aliphatic carbocycles. The van der Waals surface area contributed by atoms with Crippen molar-refractivity contribution in [3.63, 3.8) is 0 Å². The number of fused-ring (bicyclic) bond motifs is 3. The fourth-order valence-electron chi connectivity index (χ4n) is 4.52. The second-order valence-electron chi connectivity index (χ2n) is 8.83. The first-order valence-corrected chi connectivity index (χ1v) is 13.8. The van der Waals surface area contributed by atoms with Crippen molar-refractivity contribution in [1.29, 1.82) is 0 Å². The van der Waals surface area contributed by atoms with E-state index in [-0.39, 0.29) is 23.6 Å². The van der Waals surface area contributed by atoms with Crippen LogP contribution in [-0.2, 0) is 21.3 Å². The van der Waals surface area contributed by atoms with Gasteiger partial charge in [-0.25, -0.2) is 8.42 Å². The predicted molar refractivity (Wildman–Crippen MR) is 141 cm³/mol. The van der Waals surface area contributed by atoms with Gasteiger partial charge in [0, 0.05) is 24.0 Å². The molecule has 1 aliphatic rings. The van der Waals surface area contributed by atoms with E-state index >= 15 is 0 Å². The minimum absolute atomic E-state index is 0.135. The second-order valence-corrected chi connectivity index (χ2v) is 11.7. The highest BCUT2D eigenvalue weighted by Gasteiger charge is 2.32. The smallest absolute Gasteiger partial charge is 0.279 e. The lowest BCUT2D eigenvalue weighted by molar-refractivity contribution is -0.0440. The zero-order valence-corrected chi connectivity index (χ0v) is 21.6. The molecule has 1 saturated heterocycles. The van der Waals surface area contributed by atoms with E-state index in [0.29, 0.717) is 23.5 Å². The summed E-state index contributed by atoms with van der Waals surface area (Å²) in [5.74, 6) is 2.18. The van der Waals surface area contributed by atoms with E-state index in [0.717, 1.165) is 21.0 Å². The van der Waals surface area contributed by atoms with Gasteiger partial charge in [-0.1, -0.05) is 47.6 Å². The summed E-state index contributed by atoms with van der Waals surface area (Å²) in [7, 11) is -3.69. The number of benzene rings is 3. The number of hydrogen-bond donors (Lipinski definition) is 0. The molecule has 5 rings (SSSR count). The summed E-state index contributed by atoms with van der Waals surface area (Å²) < 4.78 is 36.2. The summed E-state index contributed by atoms with van der Waals surface area (Å²) in [6, 6.07) is 18.0. The van der Waals surface area contributed by atoms with E-state index in [9.17, 15) is 13.2 Å². The monoisotopic (exact) mass is 519 g/mol. The molecule has 0 unspecified atom stereocenters. The summed E-state index contributed by atoms with van der Waals surface area (Å²) >= 11 is 1.41. The number of hydrogen-bond acceptors (Lipinski definition) is 5. The normalized spacial score (nSPS) is 19.5. The van der Waals surface area contributed by atoms with Crippen LogP contribution >= 0.6 is 11.3 Å². The van der Waals surface area contributed by atoms with Gasteiger partial charge in [0.15, 0.2) is 4.80 Å². The van der Waals surface area contributed by atoms with Crippen molar-refractivity contribution in [2.75, 3.05) is 13.1 Å². The molecule has 2 atom stereocenters. The van der Waals surface area contributed by atoms with Crippen LogP contribution in [0, 0.1) is 12.3 Å². The Morgan fingerprint density at radius 2 is 1.78 bits per heavy atom. The van der Waals surface area contributed by atoms with Crippen LogP contribution in [0.4, 0.5) is 0 Å². The highest BCUT2D eigenvalue weighted by molar-refractivity contribution is 7.89. The van der Waals surface area contributed by atoms with Crippen molar-refractivity contribution in [2.45, 2.75) is 37.5 Å². The number of aromatic nitrogens is 1. The highest BCUT2D eigenvalue weighted by Crippen LogP contribution is 2.28. The molecule has 7 nitrogen and oxygen atoms in total. The maximum Gasteiger partial charge on any atom is 0.279 e. The lowest BCUT2D eigenvalue weighted by Crippen LogP contribution is -2.48. The SMILES string of the molecule is C#CCn1c(=NC(=O)c2ccc(S(=O)(=O)N3C[C@@H](C)O[C@H](C)C3)cc2)sc2c3ccccc3ccc21. The van der Waals surface area contributed by atoms with E-state index in [1.807, 2.05) is 54.8 Å². The van der Waals surface area contributed by atoms with Crippen molar-refractivity contribution in [3.05, 3.63) is 71.0 Å². The molecule has 2 heterocycles. The van der Waals surface area contributed by atoms with Gasteiger partial charge in [0.05, 0.1) is 33.9 Å². The number of carbonyl (C=O) groups excluding carboxylic acids is 1. The molecule has 0 saturated carbocycles. The van der Waals surface area contributed by atoms with Gasteiger partial charge in [0.25, 0.3) is 5.91 Å². The Morgan fingerprint density at radius 1 is 1.08 bits per heavy atom. The van der Waals surface area contributed by atoms with Crippen molar-refractivity contribution >= 4 is 48.3 Å². The number of carbonyl (C=O) groups is 1. The third-order valence-electron chi connectivity index (χ3n) is 6.15. The van der Waals surface area contributed by atoms with Gasteiger partial charge in [-0.15, -0.1) is 6.42 Å². The van der Waals surface area contributed by atoms with Crippen molar-refractivity contribution in [3.8, 4) is 12.3 Å². The maximum atomic E-state index is 13.1. The number of ether oxygens (including phenoxy) is 1. The summed E-state index contributed by atoms with van der Waals surface area (Å²) in [6.07, 6.45) is 5.24. The van der Waals surface area contributed by atoms with Crippen molar-refractivity contribution < 1.29 is 17.9 Å². The average Bonchev–Trinajstić information content (AvgIpc) is 3.21. The quantitative estimate of drug-likeness (QED) is 0.382. The molecular formula is C27H25N3O4S2. The van der Waals surface area contributed by atoms with Crippen LogP contribution in [0.1, 0.15) is 24.2 Å². The maximum absolute atomic E-state index is 13.1. The first-order valence-electron chi connectivity index (χ1n) is 11.6. The molecule has 1 aliphatic heterocycles. The minimum atomic E-state index is -3.69. The van der Waals surface area contributed by atoms with Crippen molar-refractivity contribution in [1.82, 2.24) is 8.87 Å². The number of sulfonamides is 1. The van der Waals surface area contributed by atoms with Crippen LogP contribution in [0.5, 0.6) is 0 Å². The van der Waals surface area contributed by atoms with Crippen LogP contribution in [0.15, 0.2) is 70.6 Å². The van der Waals surface area contributed by atoms with Gasteiger partial charge < -0.3 is 9.30 Å². The Hall–Kier alpha value is -3.29. The third kappa shape index (κ3) is 4.49. The Balaban J connectivity index is 1.49. The van der Waals surface area contributed by atoms with E-state index in [2.05, 4.69) is 10.9 Å². The first kappa shape index (κ1) is 24.4. The molecule has 0 radical (unpaired) electrons. The standard InChI is InChI=1S/C27H25N3O4S2/c1-4-15-30-24-14-11-20-7-5-6-8-23(20)25(24)35-27(30)28-26(31)21-9-12-22(13-10-21)36(32,33)29-16-18(2)34-19(3)17-29/h1,5-14,18-19H,15-17H2,2-3H3/t18-,19-/m1/s1. The zero-order valence-electron chi connectivity index (χ0n) is 19.9. The molecule has 1 fully saturated rings. The van der Waals surface area contributed by atoms with Crippen LogP contribution in [-0.4, -0.2) is 48.5 Å². The Labute approximate surface area is 213 Å². The number of terminal acetylenes is 1. The molecule has 36 heavy (non-hydrogen) atoms. The number of rotatable bonds is 4. The fourth-order valence-corrected chi connectivity index (χ4v) is 7.28. The molecule has 9 heteroatoms. The molecule has 0 bridgehead atoms. The molecule has 1 aromatic heterocycles. The number of nitrogens with zero attached hydrogens (tertiary/aromatic N) is 3. The summed E-state index contributed by atoms with van der Waals surface area (Å²) in [5, 5.41) is 2.17. The molecule has 0 spiro atoms. The molecule has 1 amide bonds. The van der Waals surface area contributed by atoms with Gasteiger partial charge in [-0.2, -0.15) is 9.30 Å². The Kier molecular flexibility index (Phi) is 6.53. The molecule has 3 aromatic carbocycles. The predicted octanol–water partition coefficient (Wildman–Crippen LogP) is 4.03. The number of amides is 1. The Morgan fingerprint density at radius 3 is 2.47 bits per heavy atom. The topological polar surface area (TPSA) is 81.0 Å². The van der Waals surface area contributed by atoms with Gasteiger partial charge in [0.1, 0.15) is 0 Å². The molecule has 0 N–H and O–H groups in total.